The zero-order valence-corrected chi connectivity index (χ0v) is 7.52. The molecular weight excluding hydrogens is 227 g/mol. The molecule has 5 nitrogen and oxygen atoms in total. The fraction of sp³-hybridized carbons (Fsp3) is 0.400. The maximum Gasteiger partial charge on any atom is 0.534 e. The van der Waals surface area contributed by atoms with Crippen molar-refractivity contribution in [3.63, 3.8) is 0 Å². The van der Waals surface area contributed by atoms with Gasteiger partial charge in [0.15, 0.2) is 0 Å². The quantitative estimate of drug-likeness (QED) is 0.565. The number of hydrogen-bond acceptors (Lipinski definition) is 5. The third-order valence-corrected chi connectivity index (χ3v) is 2.03. The zero-order valence-electron chi connectivity index (χ0n) is 6.70. The van der Waals surface area contributed by atoms with Crippen molar-refractivity contribution in [3.05, 3.63) is 11.8 Å². The van der Waals surface area contributed by atoms with Crippen LogP contribution in [-0.2, 0) is 10.1 Å². The second-order valence-corrected chi connectivity index (χ2v) is 3.81. The molecule has 0 aromatic carbocycles. The van der Waals surface area contributed by atoms with Crippen LogP contribution in [0.15, 0.2) is 10.6 Å². The van der Waals surface area contributed by atoms with E-state index in [1.807, 2.05) is 0 Å². The number of aromatic nitrogens is 1. The van der Waals surface area contributed by atoms with Crippen molar-refractivity contribution >= 4 is 10.1 Å². The summed E-state index contributed by atoms with van der Waals surface area (Å²) in [5.74, 6) is -0.820. The highest BCUT2D eigenvalue weighted by Gasteiger charge is 2.49. The van der Waals surface area contributed by atoms with E-state index >= 15 is 0 Å². The van der Waals surface area contributed by atoms with Crippen LogP contribution in [0.25, 0.3) is 0 Å². The average Bonchev–Trinajstić information content (AvgIpc) is 2.31. The van der Waals surface area contributed by atoms with Gasteiger partial charge < -0.3 is 8.71 Å². The van der Waals surface area contributed by atoms with Crippen LogP contribution in [0.3, 0.4) is 0 Å². The van der Waals surface area contributed by atoms with Crippen LogP contribution in [0, 0.1) is 6.92 Å². The predicted molar refractivity (Wildman–Crippen MR) is 36.8 cm³/mol. The molecule has 0 radical (unpaired) electrons. The molecule has 0 spiro atoms. The first-order chi connectivity index (χ1) is 6.22. The van der Waals surface area contributed by atoms with E-state index in [2.05, 4.69) is 13.9 Å². The van der Waals surface area contributed by atoms with E-state index < -0.39 is 21.6 Å². The number of halogens is 3. The van der Waals surface area contributed by atoms with Gasteiger partial charge in [-0.05, 0) is 6.92 Å². The van der Waals surface area contributed by atoms with Crippen molar-refractivity contribution in [2.24, 2.45) is 0 Å². The zero-order chi connectivity index (χ0) is 11.0. The summed E-state index contributed by atoms with van der Waals surface area (Å²) in [6, 6.07) is 0.920. The lowest BCUT2D eigenvalue weighted by Crippen LogP contribution is -2.27. The largest absolute Gasteiger partial charge is 0.534 e. The van der Waals surface area contributed by atoms with Crippen molar-refractivity contribution in [2.75, 3.05) is 0 Å². The van der Waals surface area contributed by atoms with Gasteiger partial charge in [0.05, 0.1) is 5.69 Å². The third kappa shape index (κ3) is 2.16. The number of alkyl halides is 3. The highest BCUT2D eigenvalue weighted by molar-refractivity contribution is 7.87. The van der Waals surface area contributed by atoms with Crippen LogP contribution in [0.5, 0.6) is 5.95 Å². The van der Waals surface area contributed by atoms with Crippen molar-refractivity contribution < 1.29 is 30.3 Å². The van der Waals surface area contributed by atoms with Gasteiger partial charge in [-0.25, -0.2) is 0 Å². The molecule has 0 fully saturated rings. The van der Waals surface area contributed by atoms with Gasteiger partial charge in [-0.3, -0.25) is 0 Å². The number of rotatable bonds is 2. The Hall–Kier alpha value is -1.25. The summed E-state index contributed by atoms with van der Waals surface area (Å²) in [6.45, 7) is 1.40. The molecule has 1 rings (SSSR count). The Morgan fingerprint density at radius 3 is 2.43 bits per heavy atom. The van der Waals surface area contributed by atoms with E-state index in [0.29, 0.717) is 0 Å². The van der Waals surface area contributed by atoms with Gasteiger partial charge in [-0.1, -0.05) is 5.16 Å². The van der Waals surface area contributed by atoms with Gasteiger partial charge in [0.1, 0.15) is 0 Å². The normalized spacial score (nSPS) is 12.9. The Morgan fingerprint density at radius 2 is 2.07 bits per heavy atom. The van der Waals surface area contributed by atoms with E-state index in [-0.39, 0.29) is 5.69 Å². The fourth-order valence-corrected chi connectivity index (χ4v) is 0.924. The maximum absolute atomic E-state index is 11.8. The summed E-state index contributed by atoms with van der Waals surface area (Å²) in [6.07, 6.45) is 0. The summed E-state index contributed by atoms with van der Waals surface area (Å²) < 4.78 is 63.8. The molecule has 0 saturated carbocycles. The van der Waals surface area contributed by atoms with Crippen molar-refractivity contribution in [1.82, 2.24) is 5.16 Å². The number of nitrogens with zero attached hydrogens (tertiary/aromatic N) is 1. The number of aryl methyl sites for hydroxylation is 1. The second kappa shape index (κ2) is 3.15. The topological polar surface area (TPSA) is 69.4 Å². The maximum atomic E-state index is 11.8. The van der Waals surface area contributed by atoms with Crippen molar-refractivity contribution in [3.8, 4) is 5.95 Å². The molecule has 9 heteroatoms. The van der Waals surface area contributed by atoms with Gasteiger partial charge in [0, 0.05) is 6.07 Å². The highest BCUT2D eigenvalue weighted by atomic mass is 32.2. The van der Waals surface area contributed by atoms with Crippen LogP contribution in [0.1, 0.15) is 5.69 Å². The molecule has 0 N–H and O–H groups in total. The predicted octanol–water partition coefficient (Wildman–Crippen LogP) is 1.21. The third-order valence-electron chi connectivity index (χ3n) is 1.08. The number of hydrogen-bond donors (Lipinski definition) is 0. The van der Waals surface area contributed by atoms with E-state index in [9.17, 15) is 21.6 Å². The minimum Gasteiger partial charge on any atom is -0.337 e. The summed E-state index contributed by atoms with van der Waals surface area (Å²) >= 11 is 0. The lowest BCUT2D eigenvalue weighted by Gasteiger charge is -2.05. The summed E-state index contributed by atoms with van der Waals surface area (Å²) in [5, 5.41) is 3.15. The molecule has 1 aromatic heterocycles. The molecule has 0 amide bonds. The van der Waals surface area contributed by atoms with E-state index in [1.54, 1.807) is 0 Å². The fourth-order valence-electron chi connectivity index (χ4n) is 0.535. The van der Waals surface area contributed by atoms with Crippen molar-refractivity contribution in [1.29, 1.82) is 0 Å². The van der Waals surface area contributed by atoms with Gasteiger partial charge in [0.25, 0.3) is 0 Å². The first-order valence-electron chi connectivity index (χ1n) is 3.16. The van der Waals surface area contributed by atoms with Crippen LogP contribution in [0.2, 0.25) is 0 Å². The van der Waals surface area contributed by atoms with E-state index in [4.69, 9.17) is 0 Å². The minimum atomic E-state index is -5.67. The Labute approximate surface area is 76.6 Å². The molecule has 1 heterocycles. The minimum absolute atomic E-state index is 0.206. The first kappa shape index (κ1) is 10.8. The molecule has 0 unspecified atom stereocenters. The van der Waals surface area contributed by atoms with Crippen LogP contribution in [0.4, 0.5) is 13.2 Å². The van der Waals surface area contributed by atoms with Gasteiger partial charge in [0.2, 0.25) is 0 Å². The lowest BCUT2D eigenvalue weighted by atomic mass is 10.5. The highest BCUT2D eigenvalue weighted by Crippen LogP contribution is 2.26. The monoisotopic (exact) mass is 231 g/mol. The summed E-state index contributed by atoms with van der Waals surface area (Å²) in [7, 11) is -5.67. The molecule has 0 aliphatic carbocycles. The van der Waals surface area contributed by atoms with Crippen LogP contribution < -0.4 is 4.18 Å². The van der Waals surface area contributed by atoms with E-state index in [0.717, 1.165) is 6.07 Å². The summed E-state index contributed by atoms with van der Waals surface area (Å²) in [5.41, 5.74) is -5.27. The Bertz CT molecular complexity index is 420. The van der Waals surface area contributed by atoms with Crippen LogP contribution >= 0.6 is 0 Å². The Kier molecular flexibility index (Phi) is 2.44. The molecule has 80 valence electrons. The smallest absolute Gasteiger partial charge is 0.337 e. The lowest BCUT2D eigenvalue weighted by molar-refractivity contribution is -0.0508. The Balaban J connectivity index is 2.90. The molecule has 14 heavy (non-hydrogen) atoms. The SMILES string of the molecule is Cc1cc(OS(=O)(=O)C(F)(F)F)on1. The van der Waals surface area contributed by atoms with Gasteiger partial charge >= 0.3 is 21.6 Å². The van der Waals surface area contributed by atoms with E-state index in [1.165, 1.54) is 6.92 Å². The van der Waals surface area contributed by atoms with Gasteiger partial charge in [-0.2, -0.15) is 21.6 Å². The molecular formula is C5H4F3NO4S. The van der Waals surface area contributed by atoms with Gasteiger partial charge in [-0.15, -0.1) is 0 Å². The van der Waals surface area contributed by atoms with Crippen molar-refractivity contribution in [2.45, 2.75) is 12.4 Å². The molecule has 0 aliphatic heterocycles. The average molecular weight is 231 g/mol. The molecule has 0 bridgehead atoms. The second-order valence-electron chi connectivity index (χ2n) is 2.27. The first-order valence-corrected chi connectivity index (χ1v) is 4.57. The standard InChI is InChI=1S/C5H4F3NO4S/c1-3-2-4(12-9-3)13-14(10,11)5(6,7)8/h2H,1H3. The molecule has 0 atom stereocenters. The molecule has 1 aromatic rings. The van der Waals surface area contributed by atoms with Crippen LogP contribution in [-0.4, -0.2) is 19.1 Å². The summed E-state index contributed by atoms with van der Waals surface area (Å²) in [4.78, 5) is 0. The molecule has 0 aliphatic rings. The molecule has 0 saturated heterocycles. The Morgan fingerprint density at radius 1 is 1.50 bits per heavy atom.